The summed E-state index contributed by atoms with van der Waals surface area (Å²) < 4.78 is 8.59. The molecule has 1 unspecified atom stereocenters. The summed E-state index contributed by atoms with van der Waals surface area (Å²) in [4.78, 5) is 0. The summed E-state index contributed by atoms with van der Waals surface area (Å²) in [6.45, 7) is 2.19. The van der Waals surface area contributed by atoms with Gasteiger partial charge in [-0.25, -0.2) is 0 Å². The van der Waals surface area contributed by atoms with E-state index in [9.17, 15) is 0 Å². The molecule has 9 aromatic rings. The van der Waals surface area contributed by atoms with E-state index in [1.807, 2.05) is 0 Å². The molecule has 7 aromatic carbocycles. The molecule has 2 heterocycles. The molecule has 246 valence electrons. The highest BCUT2D eigenvalue weighted by Crippen LogP contribution is 2.37. The summed E-state index contributed by atoms with van der Waals surface area (Å²) in [7, 11) is 0. The van der Waals surface area contributed by atoms with Gasteiger partial charge in [-0.2, -0.15) is 0 Å². The minimum Gasteiger partial charge on any atom is -0.456 e. The van der Waals surface area contributed by atoms with Crippen LogP contribution in [0.3, 0.4) is 0 Å². The number of furan rings is 1. The van der Waals surface area contributed by atoms with E-state index in [2.05, 4.69) is 200 Å². The van der Waals surface area contributed by atoms with E-state index in [-0.39, 0.29) is 0 Å². The predicted molar refractivity (Wildman–Crippen MR) is 220 cm³/mol. The third-order valence-corrected chi connectivity index (χ3v) is 10.5. The van der Waals surface area contributed by atoms with Crippen LogP contribution >= 0.6 is 0 Å². The molecular weight excluding hydrogens is 631 g/mol. The molecule has 0 N–H and O–H groups in total. The Morgan fingerprint density at radius 3 is 1.48 bits per heavy atom. The standard InChI is InChI=1S/C50H35NO/c1-33-22-25-45-46-32-41(24-27-50(46)52-49(45)26-23-33)39-15-8-13-37(30-39)35-11-6-10-34(28-35)36-12-7-14-38(29-36)40-16-9-17-42(31-40)51-47-20-4-2-18-43(47)44-19-3-5-21-48(44)51/h2-33H,1H3. The lowest BCUT2D eigenvalue weighted by molar-refractivity contribution is 0.603. The second kappa shape index (κ2) is 12.3. The maximum Gasteiger partial charge on any atom is 0.135 e. The van der Waals surface area contributed by atoms with Gasteiger partial charge in [0.2, 0.25) is 0 Å². The number of para-hydroxylation sites is 2. The van der Waals surface area contributed by atoms with Crippen LogP contribution in [0, 0.1) is 5.92 Å². The number of benzene rings is 7. The Bertz CT molecular complexity index is 2820. The van der Waals surface area contributed by atoms with Crippen molar-refractivity contribution in [3.63, 3.8) is 0 Å². The molecule has 0 spiro atoms. The predicted octanol–water partition coefficient (Wildman–Crippen LogP) is 13.9. The van der Waals surface area contributed by atoms with Gasteiger partial charge >= 0.3 is 0 Å². The molecule has 0 aliphatic heterocycles. The summed E-state index contributed by atoms with van der Waals surface area (Å²) in [5, 5.41) is 3.69. The molecule has 1 aliphatic rings. The molecular formula is C50H35NO. The van der Waals surface area contributed by atoms with Crippen molar-refractivity contribution in [1.29, 1.82) is 0 Å². The van der Waals surface area contributed by atoms with Crippen LogP contribution in [0.1, 0.15) is 18.2 Å². The molecule has 10 rings (SSSR count). The second-order valence-corrected chi connectivity index (χ2v) is 13.8. The van der Waals surface area contributed by atoms with Gasteiger partial charge in [0, 0.05) is 27.4 Å². The normalized spacial score (nSPS) is 13.9. The van der Waals surface area contributed by atoms with Crippen LogP contribution in [0.4, 0.5) is 0 Å². The molecule has 0 radical (unpaired) electrons. The Labute approximate surface area is 303 Å². The number of nitrogens with zero attached hydrogens (tertiary/aromatic N) is 1. The highest BCUT2D eigenvalue weighted by Gasteiger charge is 2.15. The van der Waals surface area contributed by atoms with Crippen molar-refractivity contribution in [3.05, 3.63) is 187 Å². The minimum absolute atomic E-state index is 0.388. The molecule has 2 aromatic heterocycles. The topological polar surface area (TPSA) is 18.1 Å². The van der Waals surface area contributed by atoms with Crippen molar-refractivity contribution in [2.45, 2.75) is 6.92 Å². The maximum absolute atomic E-state index is 6.21. The van der Waals surface area contributed by atoms with E-state index >= 15 is 0 Å². The molecule has 0 fully saturated rings. The molecule has 1 aliphatic carbocycles. The lowest BCUT2D eigenvalue weighted by Crippen LogP contribution is -1.94. The number of aromatic nitrogens is 1. The van der Waals surface area contributed by atoms with Crippen LogP contribution in [0.25, 0.3) is 95.1 Å². The minimum atomic E-state index is 0.388. The lowest BCUT2D eigenvalue weighted by atomic mass is 9.94. The fourth-order valence-electron chi connectivity index (χ4n) is 7.82. The van der Waals surface area contributed by atoms with E-state index < -0.39 is 0 Å². The zero-order chi connectivity index (χ0) is 34.6. The molecule has 0 amide bonds. The molecule has 2 heteroatoms. The lowest BCUT2D eigenvalue weighted by Gasteiger charge is -2.12. The smallest absolute Gasteiger partial charge is 0.135 e. The Hall–Kier alpha value is -6.64. The highest BCUT2D eigenvalue weighted by molar-refractivity contribution is 6.09. The van der Waals surface area contributed by atoms with Crippen molar-refractivity contribution >= 4 is 44.9 Å². The Kier molecular flexibility index (Phi) is 7.14. The Balaban J connectivity index is 0.983. The maximum atomic E-state index is 6.21. The fourth-order valence-corrected chi connectivity index (χ4v) is 7.82. The molecule has 2 nitrogen and oxygen atoms in total. The van der Waals surface area contributed by atoms with Gasteiger partial charge < -0.3 is 8.98 Å². The van der Waals surface area contributed by atoms with Gasteiger partial charge in [-0.1, -0.05) is 134 Å². The average Bonchev–Trinajstić information content (AvgIpc) is 3.67. The van der Waals surface area contributed by atoms with Crippen molar-refractivity contribution in [2.75, 3.05) is 0 Å². The zero-order valence-electron chi connectivity index (χ0n) is 28.8. The number of rotatable bonds is 5. The average molecular weight is 666 g/mol. The van der Waals surface area contributed by atoms with Crippen molar-refractivity contribution in [3.8, 4) is 50.2 Å². The molecule has 1 atom stereocenters. The Morgan fingerprint density at radius 1 is 0.423 bits per heavy atom. The summed E-state index contributed by atoms with van der Waals surface area (Å²) in [6.07, 6.45) is 8.73. The van der Waals surface area contributed by atoms with Gasteiger partial charge in [0.15, 0.2) is 0 Å². The van der Waals surface area contributed by atoms with Crippen LogP contribution < -0.4 is 0 Å². The first-order valence-electron chi connectivity index (χ1n) is 18.0. The van der Waals surface area contributed by atoms with Crippen molar-refractivity contribution in [2.24, 2.45) is 5.92 Å². The van der Waals surface area contributed by atoms with E-state index in [0.29, 0.717) is 5.92 Å². The first-order chi connectivity index (χ1) is 25.7. The van der Waals surface area contributed by atoms with E-state index in [0.717, 1.165) is 28.0 Å². The molecule has 0 saturated carbocycles. The third-order valence-electron chi connectivity index (χ3n) is 10.5. The summed E-state index contributed by atoms with van der Waals surface area (Å²) in [6, 6.07) is 59.5. The van der Waals surface area contributed by atoms with Gasteiger partial charge in [0.25, 0.3) is 0 Å². The first-order valence-corrected chi connectivity index (χ1v) is 18.0. The molecule has 0 saturated heterocycles. The van der Waals surface area contributed by atoms with Crippen molar-refractivity contribution in [1.82, 2.24) is 4.57 Å². The van der Waals surface area contributed by atoms with E-state index in [4.69, 9.17) is 4.42 Å². The summed E-state index contributed by atoms with van der Waals surface area (Å²) in [5.74, 6) is 1.32. The quantitative estimate of drug-likeness (QED) is 0.179. The highest BCUT2D eigenvalue weighted by atomic mass is 16.3. The van der Waals surface area contributed by atoms with Gasteiger partial charge in [-0.3, -0.25) is 0 Å². The van der Waals surface area contributed by atoms with Gasteiger partial charge in [-0.05, 0) is 111 Å². The van der Waals surface area contributed by atoms with Crippen LogP contribution in [-0.2, 0) is 0 Å². The molecule has 52 heavy (non-hydrogen) atoms. The summed E-state index contributed by atoms with van der Waals surface area (Å²) >= 11 is 0. The van der Waals surface area contributed by atoms with Gasteiger partial charge in [0.1, 0.15) is 11.3 Å². The largest absolute Gasteiger partial charge is 0.456 e. The van der Waals surface area contributed by atoms with Crippen LogP contribution in [-0.4, -0.2) is 4.57 Å². The van der Waals surface area contributed by atoms with E-state index in [1.54, 1.807) is 0 Å². The van der Waals surface area contributed by atoms with E-state index in [1.165, 1.54) is 66.3 Å². The monoisotopic (exact) mass is 665 g/mol. The van der Waals surface area contributed by atoms with Crippen LogP contribution in [0.5, 0.6) is 0 Å². The number of allylic oxidation sites excluding steroid dienone is 2. The van der Waals surface area contributed by atoms with Crippen molar-refractivity contribution < 1.29 is 4.42 Å². The Morgan fingerprint density at radius 2 is 0.904 bits per heavy atom. The third kappa shape index (κ3) is 5.20. The van der Waals surface area contributed by atoms with Gasteiger partial charge in [0.05, 0.1) is 11.0 Å². The first kappa shape index (κ1) is 30.2. The van der Waals surface area contributed by atoms with Crippen LogP contribution in [0.2, 0.25) is 0 Å². The number of hydrogen-bond acceptors (Lipinski definition) is 1. The van der Waals surface area contributed by atoms with Crippen LogP contribution in [0.15, 0.2) is 180 Å². The zero-order valence-corrected chi connectivity index (χ0v) is 28.8. The second-order valence-electron chi connectivity index (χ2n) is 13.8. The fraction of sp³-hybridized carbons (Fsp3) is 0.0400. The number of fused-ring (bicyclic) bond motifs is 6. The number of hydrogen-bond donors (Lipinski definition) is 0. The molecule has 0 bridgehead atoms. The summed E-state index contributed by atoms with van der Waals surface area (Å²) in [5.41, 5.74) is 15.2. The van der Waals surface area contributed by atoms with Gasteiger partial charge in [-0.15, -0.1) is 0 Å². The SMILES string of the molecule is CC1C=Cc2oc3ccc(-c4cccc(-c5cccc(-c6cccc(-c7cccc(-n8c9ccccc9c9ccccc98)c7)c6)c5)c4)cc3c2C=C1.